The van der Waals surface area contributed by atoms with Crippen molar-refractivity contribution in [2.45, 2.75) is 39.2 Å². The second-order valence-electron chi connectivity index (χ2n) is 4.64. The van der Waals surface area contributed by atoms with Crippen LogP contribution in [0.3, 0.4) is 0 Å². The summed E-state index contributed by atoms with van der Waals surface area (Å²) in [6.45, 7) is 4.43. The van der Waals surface area contributed by atoms with E-state index in [2.05, 4.69) is 24.5 Å². The maximum absolute atomic E-state index is 5.92. The third kappa shape index (κ3) is 2.57. The van der Waals surface area contributed by atoms with Gasteiger partial charge in [0.25, 0.3) is 0 Å². The van der Waals surface area contributed by atoms with Gasteiger partial charge in [-0.1, -0.05) is 19.9 Å². The highest BCUT2D eigenvalue weighted by molar-refractivity contribution is 6.17. The number of fused-ring (bicyclic) bond motifs is 1. The van der Waals surface area contributed by atoms with Gasteiger partial charge in [-0.15, -0.1) is 11.6 Å². The standard InChI is InChI=1S/C15H21ClN2O/c1-4-11(5-2)18-12-7-6-8-13(19-3)15(12)17-14(18)9-10-16/h6-8,11H,4-5,9-10H2,1-3H3. The van der Waals surface area contributed by atoms with Gasteiger partial charge in [-0.05, 0) is 25.0 Å². The van der Waals surface area contributed by atoms with Crippen molar-refractivity contribution in [3.8, 4) is 5.75 Å². The normalized spacial score (nSPS) is 11.4. The van der Waals surface area contributed by atoms with Crippen molar-refractivity contribution in [1.29, 1.82) is 0 Å². The largest absolute Gasteiger partial charge is 0.494 e. The number of benzene rings is 1. The number of hydrogen-bond donors (Lipinski definition) is 0. The molecule has 4 heteroatoms. The summed E-state index contributed by atoms with van der Waals surface area (Å²) in [7, 11) is 1.69. The number of ether oxygens (including phenoxy) is 1. The number of halogens is 1. The molecule has 1 aromatic carbocycles. The van der Waals surface area contributed by atoms with Gasteiger partial charge >= 0.3 is 0 Å². The van der Waals surface area contributed by atoms with Crippen LogP contribution in [-0.2, 0) is 6.42 Å². The highest BCUT2D eigenvalue weighted by atomic mass is 35.5. The van der Waals surface area contributed by atoms with Crippen LogP contribution in [0.4, 0.5) is 0 Å². The van der Waals surface area contributed by atoms with E-state index in [1.807, 2.05) is 12.1 Å². The smallest absolute Gasteiger partial charge is 0.146 e. The maximum Gasteiger partial charge on any atom is 0.146 e. The van der Waals surface area contributed by atoms with Crippen molar-refractivity contribution in [2.75, 3.05) is 13.0 Å². The van der Waals surface area contributed by atoms with Gasteiger partial charge < -0.3 is 9.30 Å². The van der Waals surface area contributed by atoms with Gasteiger partial charge in [-0.25, -0.2) is 4.98 Å². The number of imidazole rings is 1. The van der Waals surface area contributed by atoms with Crippen LogP contribution in [0.25, 0.3) is 11.0 Å². The second kappa shape index (κ2) is 6.29. The van der Waals surface area contributed by atoms with Crippen molar-refractivity contribution in [3.63, 3.8) is 0 Å². The van der Waals surface area contributed by atoms with Crippen LogP contribution in [0, 0.1) is 0 Å². The van der Waals surface area contributed by atoms with Gasteiger partial charge in [0.15, 0.2) is 0 Å². The fourth-order valence-electron chi connectivity index (χ4n) is 2.63. The van der Waals surface area contributed by atoms with E-state index in [1.54, 1.807) is 7.11 Å². The summed E-state index contributed by atoms with van der Waals surface area (Å²) in [5.41, 5.74) is 2.09. The van der Waals surface area contributed by atoms with Crippen molar-refractivity contribution in [3.05, 3.63) is 24.0 Å². The van der Waals surface area contributed by atoms with Crippen LogP contribution in [0.5, 0.6) is 5.75 Å². The lowest BCUT2D eigenvalue weighted by molar-refractivity contribution is 0.419. The molecule has 1 heterocycles. The Hall–Kier alpha value is -1.22. The van der Waals surface area contributed by atoms with Gasteiger partial charge in [-0.2, -0.15) is 0 Å². The van der Waals surface area contributed by atoms with E-state index in [4.69, 9.17) is 21.3 Å². The van der Waals surface area contributed by atoms with Crippen LogP contribution in [0.1, 0.15) is 38.6 Å². The number of hydrogen-bond acceptors (Lipinski definition) is 2. The zero-order valence-electron chi connectivity index (χ0n) is 11.8. The van der Waals surface area contributed by atoms with Crippen molar-refractivity contribution in [2.24, 2.45) is 0 Å². The fourth-order valence-corrected chi connectivity index (χ4v) is 2.80. The van der Waals surface area contributed by atoms with E-state index in [-0.39, 0.29) is 0 Å². The van der Waals surface area contributed by atoms with Gasteiger partial charge in [0.1, 0.15) is 17.1 Å². The predicted octanol–water partition coefficient (Wildman–Crippen LogP) is 4.19. The minimum Gasteiger partial charge on any atom is -0.494 e. The van der Waals surface area contributed by atoms with Crippen molar-refractivity contribution >= 4 is 22.6 Å². The van der Waals surface area contributed by atoms with Crippen LogP contribution in [-0.4, -0.2) is 22.5 Å². The molecule has 2 rings (SSSR count). The number of rotatable bonds is 6. The summed E-state index contributed by atoms with van der Waals surface area (Å²) in [4.78, 5) is 4.74. The van der Waals surface area contributed by atoms with E-state index < -0.39 is 0 Å². The minimum absolute atomic E-state index is 0.468. The zero-order chi connectivity index (χ0) is 13.8. The first-order valence-corrected chi connectivity index (χ1v) is 7.40. The number of nitrogens with zero attached hydrogens (tertiary/aromatic N) is 2. The molecular formula is C15H21ClN2O. The summed E-state index contributed by atoms with van der Waals surface area (Å²) >= 11 is 5.92. The van der Waals surface area contributed by atoms with Crippen LogP contribution in [0.2, 0.25) is 0 Å². The summed E-state index contributed by atoms with van der Waals surface area (Å²) < 4.78 is 7.75. The van der Waals surface area contributed by atoms with Crippen LogP contribution < -0.4 is 4.74 Å². The molecule has 1 aromatic heterocycles. The first-order chi connectivity index (χ1) is 9.26. The Balaban J connectivity index is 2.66. The number of aryl methyl sites for hydroxylation is 1. The molecule has 0 radical (unpaired) electrons. The SMILES string of the molecule is CCC(CC)n1c(CCCl)nc2c(OC)cccc21. The highest BCUT2D eigenvalue weighted by Crippen LogP contribution is 2.30. The van der Waals surface area contributed by atoms with Gasteiger partial charge in [0.05, 0.1) is 12.6 Å². The number of aromatic nitrogens is 2. The average Bonchev–Trinajstić information content (AvgIpc) is 2.79. The predicted molar refractivity (Wildman–Crippen MR) is 80.3 cm³/mol. The lowest BCUT2D eigenvalue weighted by Crippen LogP contribution is -2.11. The molecule has 0 saturated heterocycles. The van der Waals surface area contributed by atoms with E-state index >= 15 is 0 Å². The molecule has 19 heavy (non-hydrogen) atoms. The molecule has 0 fully saturated rings. The number of methoxy groups -OCH3 is 1. The third-order valence-electron chi connectivity index (χ3n) is 3.60. The highest BCUT2D eigenvalue weighted by Gasteiger charge is 2.18. The fraction of sp³-hybridized carbons (Fsp3) is 0.533. The van der Waals surface area contributed by atoms with E-state index in [0.717, 1.165) is 41.9 Å². The van der Waals surface area contributed by atoms with Crippen molar-refractivity contribution in [1.82, 2.24) is 9.55 Å². The quantitative estimate of drug-likeness (QED) is 0.742. The van der Waals surface area contributed by atoms with Crippen LogP contribution in [0.15, 0.2) is 18.2 Å². The van der Waals surface area contributed by atoms with E-state index in [1.165, 1.54) is 0 Å². The molecule has 3 nitrogen and oxygen atoms in total. The van der Waals surface area contributed by atoms with Gasteiger partial charge in [0.2, 0.25) is 0 Å². The molecule has 0 aliphatic rings. The molecule has 104 valence electrons. The first kappa shape index (κ1) is 14.2. The Morgan fingerprint density at radius 2 is 2.05 bits per heavy atom. The van der Waals surface area contributed by atoms with Gasteiger partial charge in [-0.3, -0.25) is 0 Å². The van der Waals surface area contributed by atoms with Gasteiger partial charge in [0, 0.05) is 18.3 Å². The molecular weight excluding hydrogens is 260 g/mol. The first-order valence-electron chi connectivity index (χ1n) is 6.86. The molecule has 0 bridgehead atoms. The Kier molecular flexibility index (Phi) is 4.70. The average molecular weight is 281 g/mol. The summed E-state index contributed by atoms with van der Waals surface area (Å²) in [5, 5.41) is 0. The number of para-hydroxylation sites is 1. The van der Waals surface area contributed by atoms with Crippen molar-refractivity contribution < 1.29 is 4.74 Å². The summed E-state index contributed by atoms with van der Waals surface area (Å²) in [5.74, 6) is 2.48. The molecule has 0 amide bonds. The van der Waals surface area contributed by atoms with Crippen LogP contribution >= 0.6 is 11.6 Å². The molecule has 0 aliphatic carbocycles. The molecule has 0 spiro atoms. The molecule has 0 atom stereocenters. The lowest BCUT2D eigenvalue weighted by Gasteiger charge is -2.18. The zero-order valence-corrected chi connectivity index (χ0v) is 12.6. The molecule has 0 unspecified atom stereocenters. The van der Waals surface area contributed by atoms with E-state index in [0.29, 0.717) is 11.9 Å². The Morgan fingerprint density at radius 1 is 1.32 bits per heavy atom. The summed E-state index contributed by atoms with van der Waals surface area (Å²) in [6.07, 6.45) is 2.97. The molecule has 2 aromatic rings. The third-order valence-corrected chi connectivity index (χ3v) is 3.79. The van der Waals surface area contributed by atoms with E-state index in [9.17, 15) is 0 Å². The number of alkyl halides is 1. The lowest BCUT2D eigenvalue weighted by atomic mass is 10.1. The Bertz CT molecular complexity index is 546. The summed E-state index contributed by atoms with van der Waals surface area (Å²) in [6, 6.07) is 6.56. The second-order valence-corrected chi connectivity index (χ2v) is 5.01. The minimum atomic E-state index is 0.468. The monoisotopic (exact) mass is 280 g/mol. The topological polar surface area (TPSA) is 27.1 Å². The maximum atomic E-state index is 5.92. The molecule has 0 N–H and O–H groups in total. The molecule has 0 aliphatic heterocycles. The Morgan fingerprint density at radius 3 is 2.63 bits per heavy atom. The molecule has 0 saturated carbocycles. The Labute approximate surface area is 119 Å².